The summed E-state index contributed by atoms with van der Waals surface area (Å²) in [6, 6.07) is 11.5. The van der Waals surface area contributed by atoms with Crippen molar-refractivity contribution in [3.8, 4) is 0 Å². The zero-order valence-electron chi connectivity index (χ0n) is 14.5. The summed E-state index contributed by atoms with van der Waals surface area (Å²) in [5, 5.41) is 4.07. The summed E-state index contributed by atoms with van der Waals surface area (Å²) in [5.74, 6) is 0.166. The van der Waals surface area contributed by atoms with Crippen LogP contribution < -0.4 is 0 Å². The normalized spacial score (nSPS) is 24.1. The molecule has 2 atom stereocenters. The van der Waals surface area contributed by atoms with Crippen LogP contribution in [0.15, 0.2) is 43.0 Å². The van der Waals surface area contributed by atoms with Gasteiger partial charge in [-0.2, -0.15) is 5.10 Å². The lowest BCUT2D eigenvalue weighted by atomic mass is 10.0. The zero-order chi connectivity index (χ0) is 17.1. The molecule has 4 rings (SSSR count). The van der Waals surface area contributed by atoms with E-state index in [9.17, 15) is 4.79 Å². The number of amides is 1. The number of rotatable bonds is 5. The van der Waals surface area contributed by atoms with Gasteiger partial charge in [-0.15, -0.1) is 0 Å². The van der Waals surface area contributed by atoms with Gasteiger partial charge in [0, 0.05) is 25.2 Å². The molecule has 0 radical (unpaired) electrons. The Labute approximate surface area is 148 Å². The molecule has 6 heteroatoms. The fourth-order valence-electron chi connectivity index (χ4n) is 4.35. The van der Waals surface area contributed by atoms with Crippen LogP contribution in [-0.4, -0.2) is 55.6 Å². The fourth-order valence-corrected chi connectivity index (χ4v) is 4.35. The molecule has 1 aromatic heterocycles. The molecule has 0 unspecified atom stereocenters. The fraction of sp³-hybridized carbons (Fsp3) is 0.526. The third-order valence-electron chi connectivity index (χ3n) is 5.47. The standard InChI is InChI=1S/C19H25N5O/c25-19(13-23-15-20-14-21-23)24-11-5-9-18(24)17-8-4-10-22(17)12-16-6-2-1-3-7-16/h1-3,6-7,14-15,17-18H,4-5,8-13H2/t17-,18-/m0/s1. The highest BCUT2D eigenvalue weighted by Crippen LogP contribution is 2.31. The third kappa shape index (κ3) is 3.58. The summed E-state index contributed by atoms with van der Waals surface area (Å²) in [6.07, 6.45) is 7.71. The quantitative estimate of drug-likeness (QED) is 0.835. The van der Waals surface area contributed by atoms with E-state index in [1.165, 1.54) is 24.7 Å². The number of benzene rings is 1. The zero-order valence-corrected chi connectivity index (χ0v) is 14.5. The van der Waals surface area contributed by atoms with Crippen LogP contribution in [0.4, 0.5) is 0 Å². The predicted octanol–water partition coefficient (Wildman–Crippen LogP) is 1.93. The topological polar surface area (TPSA) is 54.3 Å². The first kappa shape index (κ1) is 16.3. The predicted molar refractivity (Wildman–Crippen MR) is 94.6 cm³/mol. The molecule has 2 aliphatic rings. The van der Waals surface area contributed by atoms with Crippen LogP contribution >= 0.6 is 0 Å². The first-order chi connectivity index (χ1) is 12.3. The maximum atomic E-state index is 12.8. The highest BCUT2D eigenvalue weighted by Gasteiger charge is 2.39. The van der Waals surface area contributed by atoms with Crippen LogP contribution in [0, 0.1) is 0 Å². The van der Waals surface area contributed by atoms with Crippen LogP contribution in [0.5, 0.6) is 0 Å². The van der Waals surface area contributed by atoms with Crippen molar-refractivity contribution in [3.63, 3.8) is 0 Å². The molecule has 1 amide bonds. The van der Waals surface area contributed by atoms with Crippen molar-refractivity contribution < 1.29 is 4.79 Å². The molecule has 0 spiro atoms. The minimum absolute atomic E-state index is 0.166. The smallest absolute Gasteiger partial charge is 0.244 e. The maximum Gasteiger partial charge on any atom is 0.244 e. The molecular formula is C19H25N5O. The van der Waals surface area contributed by atoms with E-state index < -0.39 is 0 Å². The monoisotopic (exact) mass is 339 g/mol. The molecule has 132 valence electrons. The second-order valence-corrected chi connectivity index (χ2v) is 7.06. The van der Waals surface area contributed by atoms with E-state index >= 15 is 0 Å². The minimum atomic E-state index is 0.166. The van der Waals surface area contributed by atoms with Crippen LogP contribution in [-0.2, 0) is 17.9 Å². The van der Waals surface area contributed by atoms with Gasteiger partial charge in [-0.1, -0.05) is 30.3 Å². The highest BCUT2D eigenvalue weighted by atomic mass is 16.2. The van der Waals surface area contributed by atoms with Crippen molar-refractivity contribution in [2.45, 2.75) is 50.9 Å². The van der Waals surface area contributed by atoms with Crippen LogP contribution in [0.25, 0.3) is 0 Å². The van der Waals surface area contributed by atoms with Gasteiger partial charge < -0.3 is 4.90 Å². The Morgan fingerprint density at radius 3 is 2.68 bits per heavy atom. The molecule has 0 bridgehead atoms. The number of likely N-dealkylation sites (tertiary alicyclic amines) is 2. The first-order valence-corrected chi connectivity index (χ1v) is 9.21. The van der Waals surface area contributed by atoms with E-state index in [1.54, 1.807) is 11.0 Å². The molecule has 6 nitrogen and oxygen atoms in total. The van der Waals surface area contributed by atoms with Crippen LogP contribution in [0.2, 0.25) is 0 Å². The van der Waals surface area contributed by atoms with Gasteiger partial charge in [-0.05, 0) is 37.8 Å². The lowest BCUT2D eigenvalue weighted by molar-refractivity contribution is -0.134. The van der Waals surface area contributed by atoms with Crippen molar-refractivity contribution in [1.82, 2.24) is 24.6 Å². The van der Waals surface area contributed by atoms with Gasteiger partial charge in [0.05, 0.1) is 0 Å². The average molecular weight is 339 g/mol. The van der Waals surface area contributed by atoms with E-state index in [0.29, 0.717) is 18.6 Å². The average Bonchev–Trinajstić information content (AvgIpc) is 3.36. The molecule has 2 aliphatic heterocycles. The Morgan fingerprint density at radius 2 is 1.88 bits per heavy atom. The first-order valence-electron chi connectivity index (χ1n) is 9.21. The number of hydrogen-bond donors (Lipinski definition) is 0. The Hall–Kier alpha value is -2.21. The molecular weight excluding hydrogens is 314 g/mol. The molecule has 0 aliphatic carbocycles. The molecule has 2 aromatic rings. The second kappa shape index (κ2) is 7.35. The van der Waals surface area contributed by atoms with Gasteiger partial charge in [0.25, 0.3) is 0 Å². The number of nitrogens with zero attached hydrogens (tertiary/aromatic N) is 5. The number of carbonyl (C=O) groups is 1. The van der Waals surface area contributed by atoms with Crippen molar-refractivity contribution in [2.75, 3.05) is 13.1 Å². The summed E-state index contributed by atoms with van der Waals surface area (Å²) in [6.45, 7) is 3.27. The highest BCUT2D eigenvalue weighted by molar-refractivity contribution is 5.76. The Balaban J connectivity index is 1.44. The summed E-state index contributed by atoms with van der Waals surface area (Å²) in [5.41, 5.74) is 1.35. The molecule has 3 heterocycles. The molecule has 2 fully saturated rings. The molecule has 0 saturated carbocycles. The van der Waals surface area contributed by atoms with Crippen molar-refractivity contribution in [3.05, 3.63) is 48.5 Å². The van der Waals surface area contributed by atoms with E-state index in [4.69, 9.17) is 0 Å². The van der Waals surface area contributed by atoms with Gasteiger partial charge in [-0.3, -0.25) is 9.69 Å². The van der Waals surface area contributed by atoms with Gasteiger partial charge in [0.2, 0.25) is 5.91 Å². The van der Waals surface area contributed by atoms with E-state index in [2.05, 4.69) is 50.2 Å². The van der Waals surface area contributed by atoms with Gasteiger partial charge in [0.15, 0.2) is 0 Å². The van der Waals surface area contributed by atoms with Gasteiger partial charge in [-0.25, -0.2) is 9.67 Å². The van der Waals surface area contributed by atoms with Gasteiger partial charge in [0.1, 0.15) is 19.2 Å². The van der Waals surface area contributed by atoms with Crippen molar-refractivity contribution in [1.29, 1.82) is 0 Å². The molecule has 25 heavy (non-hydrogen) atoms. The molecule has 0 N–H and O–H groups in total. The van der Waals surface area contributed by atoms with E-state index in [-0.39, 0.29) is 5.91 Å². The number of carbonyl (C=O) groups excluding carboxylic acids is 1. The summed E-state index contributed by atoms with van der Waals surface area (Å²) in [4.78, 5) is 21.4. The maximum absolute atomic E-state index is 12.8. The van der Waals surface area contributed by atoms with Crippen molar-refractivity contribution >= 4 is 5.91 Å². The van der Waals surface area contributed by atoms with Crippen molar-refractivity contribution in [2.24, 2.45) is 0 Å². The molecule has 1 aromatic carbocycles. The number of hydrogen-bond acceptors (Lipinski definition) is 4. The number of aromatic nitrogens is 3. The van der Waals surface area contributed by atoms with E-state index in [1.807, 2.05) is 0 Å². The lowest BCUT2D eigenvalue weighted by Gasteiger charge is -2.35. The van der Waals surface area contributed by atoms with Crippen LogP contribution in [0.3, 0.4) is 0 Å². The third-order valence-corrected chi connectivity index (χ3v) is 5.47. The largest absolute Gasteiger partial charge is 0.337 e. The Morgan fingerprint density at radius 1 is 1.08 bits per heavy atom. The Bertz CT molecular complexity index is 687. The summed E-state index contributed by atoms with van der Waals surface area (Å²) in [7, 11) is 0. The van der Waals surface area contributed by atoms with Crippen LogP contribution in [0.1, 0.15) is 31.2 Å². The summed E-state index contributed by atoms with van der Waals surface area (Å²) >= 11 is 0. The van der Waals surface area contributed by atoms with E-state index in [0.717, 1.165) is 32.5 Å². The minimum Gasteiger partial charge on any atom is -0.337 e. The molecule has 2 saturated heterocycles. The lowest BCUT2D eigenvalue weighted by Crippen LogP contribution is -2.48. The summed E-state index contributed by atoms with van der Waals surface area (Å²) < 4.78 is 1.62. The Kier molecular flexibility index (Phi) is 4.78. The second-order valence-electron chi connectivity index (χ2n) is 7.06. The van der Waals surface area contributed by atoms with Gasteiger partial charge >= 0.3 is 0 Å². The SMILES string of the molecule is O=C(Cn1cncn1)N1CCC[C@H]1[C@@H]1CCCN1Cc1ccccc1.